The highest BCUT2D eigenvalue weighted by molar-refractivity contribution is 7.15. The third-order valence-electron chi connectivity index (χ3n) is 6.06. The molecule has 0 bridgehead atoms. The average molecular weight is 459 g/mol. The molecule has 4 N–H and O–H groups in total. The van der Waals surface area contributed by atoms with E-state index in [0.717, 1.165) is 28.0 Å². The molecule has 5 nitrogen and oxygen atoms in total. The Morgan fingerprint density at radius 1 is 0.938 bits per heavy atom. The second-order valence-corrected chi connectivity index (χ2v) is 9.42. The first-order chi connectivity index (χ1) is 15.4. The smallest absolute Gasteiger partial charge is 0.123 e. The molecular weight excluding hydrogens is 431 g/mol. The van der Waals surface area contributed by atoms with Crippen LogP contribution in [-0.4, -0.2) is 57.6 Å². The number of hydrogen-bond donors (Lipinski definition) is 4. The Balaban J connectivity index is 1.49. The van der Waals surface area contributed by atoms with Crippen molar-refractivity contribution >= 4 is 11.3 Å². The second kappa shape index (κ2) is 9.79. The molecule has 4 rings (SSSR count). The summed E-state index contributed by atoms with van der Waals surface area (Å²) in [5.74, 6) is -0.581. The quantitative estimate of drug-likeness (QED) is 0.553. The summed E-state index contributed by atoms with van der Waals surface area (Å²) in [6, 6.07) is 10.6. The molecule has 2 aliphatic rings. The highest BCUT2D eigenvalue weighted by atomic mass is 32.1. The van der Waals surface area contributed by atoms with Crippen molar-refractivity contribution in [1.29, 1.82) is 0 Å². The van der Waals surface area contributed by atoms with Crippen molar-refractivity contribution in [2.24, 2.45) is 5.92 Å². The lowest BCUT2D eigenvalue weighted by atomic mass is 9.87. The van der Waals surface area contributed by atoms with Gasteiger partial charge in [0.15, 0.2) is 0 Å². The molecule has 170 valence electrons. The SMILES string of the molecule is CC1=C(Cc2ccc(-c3ccc(F)cc3)s2)C=CC(C2OC(CO)C(O)C(O)C2O)C=C1. The summed E-state index contributed by atoms with van der Waals surface area (Å²) < 4.78 is 18.9. The maximum atomic E-state index is 13.2. The summed E-state index contributed by atoms with van der Waals surface area (Å²) in [6.45, 7) is 1.57. The highest BCUT2D eigenvalue weighted by Crippen LogP contribution is 2.33. The molecule has 0 amide bonds. The van der Waals surface area contributed by atoms with Crippen LogP contribution in [0.5, 0.6) is 0 Å². The van der Waals surface area contributed by atoms with E-state index in [9.17, 15) is 24.8 Å². The fourth-order valence-corrected chi connectivity index (χ4v) is 5.12. The fraction of sp³-hybridized carbons (Fsp3) is 0.360. The van der Waals surface area contributed by atoms with E-state index in [-0.39, 0.29) is 11.7 Å². The van der Waals surface area contributed by atoms with Crippen LogP contribution in [0.25, 0.3) is 10.4 Å². The van der Waals surface area contributed by atoms with Gasteiger partial charge in [-0.3, -0.25) is 0 Å². The van der Waals surface area contributed by atoms with Crippen LogP contribution in [0.1, 0.15) is 11.8 Å². The number of thiophene rings is 1. The molecule has 0 saturated carbocycles. The van der Waals surface area contributed by atoms with E-state index in [4.69, 9.17) is 4.74 Å². The molecule has 2 heterocycles. The van der Waals surface area contributed by atoms with E-state index in [2.05, 4.69) is 6.07 Å². The van der Waals surface area contributed by atoms with Gasteiger partial charge < -0.3 is 25.2 Å². The van der Waals surface area contributed by atoms with Crippen LogP contribution in [0, 0.1) is 11.7 Å². The minimum absolute atomic E-state index is 0.254. The summed E-state index contributed by atoms with van der Waals surface area (Å²) in [5, 5.41) is 40.0. The second-order valence-electron chi connectivity index (χ2n) is 8.25. The van der Waals surface area contributed by atoms with E-state index in [0.29, 0.717) is 0 Å². The summed E-state index contributed by atoms with van der Waals surface area (Å²) in [6.07, 6.45) is 2.78. The summed E-state index contributed by atoms with van der Waals surface area (Å²) >= 11 is 1.66. The fourth-order valence-electron chi connectivity index (χ4n) is 4.08. The van der Waals surface area contributed by atoms with Gasteiger partial charge in [0, 0.05) is 22.1 Å². The standard InChI is InChI=1S/C25H27FO5S/c1-14-2-3-16(25-24(30)23(29)22(28)20(13-27)31-25)4-5-17(14)12-19-10-11-21(32-19)15-6-8-18(26)9-7-15/h2-11,16,20,22-25,27-30H,12-13H2,1H3. The van der Waals surface area contributed by atoms with Crippen molar-refractivity contribution < 1.29 is 29.6 Å². The first-order valence-electron chi connectivity index (χ1n) is 10.6. The minimum Gasteiger partial charge on any atom is -0.394 e. The Labute approximate surface area is 190 Å². The third kappa shape index (κ3) is 4.78. The summed E-state index contributed by atoms with van der Waals surface area (Å²) in [4.78, 5) is 2.24. The zero-order valence-electron chi connectivity index (χ0n) is 17.6. The zero-order valence-corrected chi connectivity index (χ0v) is 18.5. The third-order valence-corrected chi connectivity index (χ3v) is 7.19. The van der Waals surface area contributed by atoms with Crippen molar-refractivity contribution in [3.63, 3.8) is 0 Å². The van der Waals surface area contributed by atoms with E-state index >= 15 is 0 Å². The van der Waals surface area contributed by atoms with Crippen molar-refractivity contribution in [3.8, 4) is 10.4 Å². The van der Waals surface area contributed by atoms with Crippen LogP contribution in [0.3, 0.4) is 0 Å². The molecule has 0 spiro atoms. The normalized spacial score (nSPS) is 30.6. The Morgan fingerprint density at radius 2 is 1.66 bits per heavy atom. The molecule has 2 aromatic rings. The molecule has 0 radical (unpaired) electrons. The van der Waals surface area contributed by atoms with Gasteiger partial charge in [0.05, 0.1) is 12.7 Å². The molecule has 7 heteroatoms. The predicted octanol–water partition coefficient (Wildman–Crippen LogP) is 3.00. The number of hydrogen-bond acceptors (Lipinski definition) is 6. The van der Waals surface area contributed by atoms with Gasteiger partial charge in [-0.2, -0.15) is 0 Å². The summed E-state index contributed by atoms with van der Waals surface area (Å²) in [7, 11) is 0. The molecule has 1 aromatic carbocycles. The van der Waals surface area contributed by atoms with Crippen molar-refractivity contribution in [2.45, 2.75) is 43.9 Å². The Bertz CT molecular complexity index is 1020. The predicted molar refractivity (Wildman–Crippen MR) is 122 cm³/mol. The maximum absolute atomic E-state index is 13.2. The van der Waals surface area contributed by atoms with E-state index in [1.54, 1.807) is 23.5 Å². The molecular formula is C25H27FO5S. The molecule has 6 atom stereocenters. The molecule has 6 unspecified atom stereocenters. The molecule has 1 fully saturated rings. The van der Waals surface area contributed by atoms with Crippen LogP contribution >= 0.6 is 11.3 Å². The average Bonchev–Trinajstić information content (AvgIpc) is 3.18. The van der Waals surface area contributed by atoms with Crippen LogP contribution in [0.4, 0.5) is 4.39 Å². The van der Waals surface area contributed by atoms with Gasteiger partial charge in [-0.1, -0.05) is 36.4 Å². The minimum atomic E-state index is -1.39. The van der Waals surface area contributed by atoms with Crippen LogP contribution in [-0.2, 0) is 11.2 Å². The number of aliphatic hydroxyl groups excluding tert-OH is 4. The van der Waals surface area contributed by atoms with E-state index < -0.39 is 37.1 Å². The van der Waals surface area contributed by atoms with Crippen molar-refractivity contribution in [2.75, 3.05) is 6.61 Å². The summed E-state index contributed by atoms with van der Waals surface area (Å²) in [5.41, 5.74) is 3.17. The number of ether oxygens (including phenoxy) is 1. The van der Waals surface area contributed by atoms with Crippen molar-refractivity contribution in [1.82, 2.24) is 0 Å². The van der Waals surface area contributed by atoms with Gasteiger partial charge in [0.1, 0.15) is 30.2 Å². The van der Waals surface area contributed by atoms with Gasteiger partial charge in [0.2, 0.25) is 0 Å². The lowest BCUT2D eigenvalue weighted by molar-refractivity contribution is -0.234. The highest BCUT2D eigenvalue weighted by Gasteiger charge is 2.45. The van der Waals surface area contributed by atoms with E-state index in [1.165, 1.54) is 17.0 Å². The van der Waals surface area contributed by atoms with Gasteiger partial charge in [-0.25, -0.2) is 4.39 Å². The van der Waals surface area contributed by atoms with Crippen molar-refractivity contribution in [3.05, 3.63) is 82.5 Å². The van der Waals surface area contributed by atoms with Gasteiger partial charge >= 0.3 is 0 Å². The lowest BCUT2D eigenvalue weighted by Crippen LogP contribution is -2.59. The first kappa shape index (κ1) is 23.0. The topological polar surface area (TPSA) is 90.2 Å². The number of aliphatic hydroxyl groups is 4. The number of rotatable bonds is 5. The largest absolute Gasteiger partial charge is 0.394 e. The van der Waals surface area contributed by atoms with Crippen LogP contribution < -0.4 is 0 Å². The monoisotopic (exact) mass is 458 g/mol. The van der Waals surface area contributed by atoms with Gasteiger partial charge in [0.25, 0.3) is 0 Å². The number of halogens is 1. The lowest BCUT2D eigenvalue weighted by Gasteiger charge is -2.42. The Hall–Kier alpha value is -2.13. The molecule has 32 heavy (non-hydrogen) atoms. The maximum Gasteiger partial charge on any atom is 0.123 e. The zero-order chi connectivity index (χ0) is 22.8. The molecule has 1 aliphatic carbocycles. The Kier molecular flexibility index (Phi) is 7.05. The van der Waals surface area contributed by atoms with Crippen LogP contribution in [0.2, 0.25) is 0 Å². The van der Waals surface area contributed by atoms with Gasteiger partial charge in [-0.15, -0.1) is 11.3 Å². The number of allylic oxidation sites excluding steroid dienone is 4. The van der Waals surface area contributed by atoms with E-state index in [1.807, 2.05) is 37.3 Å². The van der Waals surface area contributed by atoms with Gasteiger partial charge in [-0.05, 0) is 47.9 Å². The molecule has 1 aliphatic heterocycles. The Morgan fingerprint density at radius 3 is 2.38 bits per heavy atom. The molecule has 1 aromatic heterocycles. The molecule has 1 saturated heterocycles. The number of benzene rings is 1. The first-order valence-corrected chi connectivity index (χ1v) is 11.4. The van der Waals surface area contributed by atoms with Crippen LogP contribution in [0.15, 0.2) is 71.8 Å².